The number of hydrogen-bond acceptors (Lipinski definition) is 6. The van der Waals surface area contributed by atoms with E-state index in [9.17, 15) is 13.6 Å². The van der Waals surface area contributed by atoms with Crippen molar-refractivity contribution < 1.29 is 18.3 Å². The number of aromatic nitrogens is 3. The maximum Gasteiger partial charge on any atom is 0.341 e. The van der Waals surface area contributed by atoms with Gasteiger partial charge in [0.05, 0.1) is 24.5 Å². The van der Waals surface area contributed by atoms with Crippen molar-refractivity contribution in [2.45, 2.75) is 52.0 Å². The molecule has 1 fully saturated rings. The number of nitrogen functional groups attached to an aromatic ring is 1. The molecule has 1 aromatic carbocycles. The van der Waals surface area contributed by atoms with Crippen LogP contribution in [0.1, 0.15) is 54.8 Å². The summed E-state index contributed by atoms with van der Waals surface area (Å²) in [6, 6.07) is 9.74. The standard InChI is InChI=1S/C26H31F2N5O2/c1-4-35-25(34)21-15-33(17(2)3)31-22(21)10-9-18-7-5-6-8-19(18)20-11-13-30-24(23(20)29)32-14-12-26(27,28)16-32/h5-8,11,13,15,17H,4,9-10,12,14,16,29H2,1-3H3. The van der Waals surface area contributed by atoms with E-state index in [1.54, 1.807) is 28.9 Å². The number of alkyl halides is 2. The van der Waals surface area contributed by atoms with Crippen LogP contribution in [-0.4, -0.2) is 46.4 Å². The maximum absolute atomic E-state index is 13.8. The van der Waals surface area contributed by atoms with Gasteiger partial charge in [0.15, 0.2) is 5.82 Å². The first-order valence-electron chi connectivity index (χ1n) is 11.9. The van der Waals surface area contributed by atoms with E-state index in [4.69, 9.17) is 10.5 Å². The van der Waals surface area contributed by atoms with Crippen LogP contribution in [0.15, 0.2) is 42.7 Å². The molecule has 4 rings (SSSR count). The first kappa shape index (κ1) is 24.6. The molecule has 2 N–H and O–H groups in total. The summed E-state index contributed by atoms with van der Waals surface area (Å²) in [6.45, 7) is 5.90. The minimum Gasteiger partial charge on any atom is -0.462 e. The Kier molecular flexibility index (Phi) is 7.05. The van der Waals surface area contributed by atoms with Crippen molar-refractivity contribution >= 4 is 17.5 Å². The number of benzene rings is 1. The Labute approximate surface area is 203 Å². The second kappa shape index (κ2) is 10.0. The minimum atomic E-state index is -2.74. The summed E-state index contributed by atoms with van der Waals surface area (Å²) in [6.07, 6.45) is 4.28. The zero-order chi connectivity index (χ0) is 25.2. The molecular formula is C26H31F2N5O2. The molecule has 0 radical (unpaired) electrons. The second-order valence-electron chi connectivity index (χ2n) is 9.06. The third kappa shape index (κ3) is 5.28. The lowest BCUT2D eigenvalue weighted by Gasteiger charge is -2.21. The molecule has 0 aliphatic carbocycles. The van der Waals surface area contributed by atoms with Gasteiger partial charge in [0, 0.05) is 37.0 Å². The van der Waals surface area contributed by atoms with Crippen LogP contribution in [0, 0.1) is 0 Å². The summed E-state index contributed by atoms with van der Waals surface area (Å²) in [5.74, 6) is -2.74. The van der Waals surface area contributed by atoms with Gasteiger partial charge >= 0.3 is 5.97 Å². The summed E-state index contributed by atoms with van der Waals surface area (Å²) in [5.41, 5.74) is 10.7. The first-order chi connectivity index (χ1) is 16.7. The van der Waals surface area contributed by atoms with Crippen molar-refractivity contribution in [3.63, 3.8) is 0 Å². The van der Waals surface area contributed by atoms with E-state index in [-0.39, 0.29) is 31.5 Å². The summed E-state index contributed by atoms with van der Waals surface area (Å²) >= 11 is 0. The number of carbonyl (C=O) groups excluding carboxylic acids is 1. The number of hydrogen-bond donors (Lipinski definition) is 1. The fraction of sp³-hybridized carbons (Fsp3) is 0.423. The average Bonchev–Trinajstić information content (AvgIpc) is 3.41. The summed E-state index contributed by atoms with van der Waals surface area (Å²) in [7, 11) is 0. The lowest BCUT2D eigenvalue weighted by atomic mass is 9.95. The van der Waals surface area contributed by atoms with E-state index in [2.05, 4.69) is 10.1 Å². The number of halogens is 2. The first-order valence-corrected chi connectivity index (χ1v) is 11.9. The van der Waals surface area contributed by atoms with E-state index in [0.29, 0.717) is 42.2 Å². The smallest absolute Gasteiger partial charge is 0.341 e. The molecule has 1 aliphatic heterocycles. The van der Waals surface area contributed by atoms with Gasteiger partial charge in [-0.2, -0.15) is 5.10 Å². The van der Waals surface area contributed by atoms with Crippen molar-refractivity contribution in [3.8, 4) is 11.1 Å². The Morgan fingerprint density at radius 1 is 1.20 bits per heavy atom. The predicted molar refractivity (Wildman–Crippen MR) is 132 cm³/mol. The Morgan fingerprint density at radius 2 is 1.97 bits per heavy atom. The molecule has 0 saturated carbocycles. The molecule has 3 aromatic rings. The highest BCUT2D eigenvalue weighted by atomic mass is 19.3. The molecule has 9 heteroatoms. The molecular weight excluding hydrogens is 452 g/mol. The van der Waals surface area contributed by atoms with Crippen molar-refractivity contribution in [2.75, 3.05) is 30.3 Å². The number of aryl methyl sites for hydroxylation is 2. The van der Waals surface area contributed by atoms with E-state index in [1.807, 2.05) is 44.2 Å². The van der Waals surface area contributed by atoms with Gasteiger partial charge in [-0.25, -0.2) is 18.6 Å². The van der Waals surface area contributed by atoms with Crippen LogP contribution < -0.4 is 10.6 Å². The van der Waals surface area contributed by atoms with Gasteiger partial charge in [-0.15, -0.1) is 0 Å². The normalized spacial score (nSPS) is 15.1. The Bertz CT molecular complexity index is 1210. The van der Waals surface area contributed by atoms with Crippen LogP contribution in [0.2, 0.25) is 0 Å². The largest absolute Gasteiger partial charge is 0.462 e. The van der Waals surface area contributed by atoms with Crippen molar-refractivity contribution in [1.82, 2.24) is 14.8 Å². The SMILES string of the molecule is CCOC(=O)c1cn(C(C)C)nc1CCc1ccccc1-c1ccnc(N2CCC(F)(F)C2)c1N. The van der Waals surface area contributed by atoms with Crippen LogP contribution in [0.5, 0.6) is 0 Å². The Hall–Kier alpha value is -3.49. The molecule has 0 bridgehead atoms. The zero-order valence-electron chi connectivity index (χ0n) is 20.3. The predicted octanol–water partition coefficient (Wildman–Crippen LogP) is 4.92. The molecule has 35 heavy (non-hydrogen) atoms. The maximum atomic E-state index is 13.8. The van der Waals surface area contributed by atoms with E-state index in [0.717, 1.165) is 16.7 Å². The van der Waals surface area contributed by atoms with E-state index in [1.165, 1.54) is 0 Å². The van der Waals surface area contributed by atoms with Gasteiger partial charge in [-0.05, 0) is 50.8 Å². The van der Waals surface area contributed by atoms with E-state index >= 15 is 0 Å². The number of anilines is 2. The number of carbonyl (C=O) groups is 1. The monoisotopic (exact) mass is 483 g/mol. The minimum absolute atomic E-state index is 0.109. The molecule has 0 atom stereocenters. The van der Waals surface area contributed by atoms with Gasteiger partial charge in [0.2, 0.25) is 0 Å². The number of pyridine rings is 1. The van der Waals surface area contributed by atoms with Crippen LogP contribution >= 0.6 is 0 Å². The average molecular weight is 484 g/mol. The van der Waals surface area contributed by atoms with Crippen molar-refractivity contribution in [2.24, 2.45) is 0 Å². The lowest BCUT2D eigenvalue weighted by Crippen LogP contribution is -2.26. The fourth-order valence-corrected chi connectivity index (χ4v) is 4.38. The Morgan fingerprint density at radius 3 is 2.66 bits per heavy atom. The van der Waals surface area contributed by atoms with Crippen LogP contribution in [-0.2, 0) is 17.6 Å². The van der Waals surface area contributed by atoms with Crippen molar-refractivity contribution in [1.29, 1.82) is 0 Å². The molecule has 186 valence electrons. The molecule has 0 spiro atoms. The Balaban J connectivity index is 1.62. The molecule has 1 saturated heterocycles. The number of nitrogens with two attached hydrogens (primary N) is 1. The third-order valence-electron chi connectivity index (χ3n) is 6.21. The van der Waals surface area contributed by atoms with Gasteiger partial charge in [0.25, 0.3) is 5.92 Å². The van der Waals surface area contributed by atoms with Gasteiger partial charge in [0.1, 0.15) is 5.56 Å². The molecule has 2 aromatic heterocycles. The molecule has 1 aliphatic rings. The quantitative estimate of drug-likeness (QED) is 0.458. The topological polar surface area (TPSA) is 86.3 Å². The third-order valence-corrected chi connectivity index (χ3v) is 6.21. The summed E-state index contributed by atoms with van der Waals surface area (Å²) < 4.78 is 34.6. The van der Waals surface area contributed by atoms with Crippen LogP contribution in [0.4, 0.5) is 20.3 Å². The van der Waals surface area contributed by atoms with Crippen LogP contribution in [0.3, 0.4) is 0 Å². The van der Waals surface area contributed by atoms with E-state index < -0.39 is 5.92 Å². The molecule has 7 nitrogen and oxygen atoms in total. The summed E-state index contributed by atoms with van der Waals surface area (Å²) in [4.78, 5) is 18.4. The molecule has 0 unspecified atom stereocenters. The van der Waals surface area contributed by atoms with Crippen LogP contribution in [0.25, 0.3) is 11.1 Å². The highest BCUT2D eigenvalue weighted by Gasteiger charge is 2.39. The second-order valence-corrected chi connectivity index (χ2v) is 9.06. The summed E-state index contributed by atoms with van der Waals surface area (Å²) in [5, 5.41) is 4.63. The highest BCUT2D eigenvalue weighted by Crippen LogP contribution is 2.38. The number of esters is 1. The fourth-order valence-electron chi connectivity index (χ4n) is 4.38. The number of ether oxygens (including phenoxy) is 1. The van der Waals surface area contributed by atoms with Gasteiger partial charge in [-0.1, -0.05) is 24.3 Å². The van der Waals surface area contributed by atoms with Gasteiger partial charge < -0.3 is 15.4 Å². The van der Waals surface area contributed by atoms with Crippen molar-refractivity contribution in [3.05, 3.63) is 59.5 Å². The molecule has 0 amide bonds. The molecule has 3 heterocycles. The number of nitrogens with zero attached hydrogens (tertiary/aromatic N) is 4. The highest BCUT2D eigenvalue weighted by molar-refractivity contribution is 5.90. The number of rotatable bonds is 8. The lowest BCUT2D eigenvalue weighted by molar-refractivity contribution is 0.0256. The zero-order valence-corrected chi connectivity index (χ0v) is 20.3. The van der Waals surface area contributed by atoms with Gasteiger partial charge in [-0.3, -0.25) is 4.68 Å².